The minimum atomic E-state index is -4.65. The zero-order valence-corrected chi connectivity index (χ0v) is 16.5. The number of hydrogen-bond donors (Lipinski definition) is 0. The number of alkyl halides is 3. The maximum atomic E-state index is 12.9. The minimum Gasteiger partial charge on any atom is -0.308 e. The van der Waals surface area contributed by atoms with Gasteiger partial charge in [0.15, 0.2) is 0 Å². The number of rotatable bonds is 5. The summed E-state index contributed by atoms with van der Waals surface area (Å²) in [6.07, 6.45) is -0.901. The van der Waals surface area contributed by atoms with E-state index in [1.54, 1.807) is 37.2 Å². The number of aryl methyl sites for hydroxylation is 2. The number of halogens is 3. The Balaban J connectivity index is 1.87. The van der Waals surface area contributed by atoms with Crippen molar-refractivity contribution in [1.29, 1.82) is 0 Å². The van der Waals surface area contributed by atoms with Crippen LogP contribution in [0.3, 0.4) is 0 Å². The van der Waals surface area contributed by atoms with Crippen molar-refractivity contribution in [1.82, 2.24) is 24.6 Å². The summed E-state index contributed by atoms with van der Waals surface area (Å²) in [5.74, 6) is -1.45. The van der Waals surface area contributed by atoms with Crippen LogP contribution in [0.2, 0.25) is 0 Å². The average Bonchev–Trinajstić information content (AvgIpc) is 3.07. The highest BCUT2D eigenvalue weighted by Crippen LogP contribution is 2.27. The van der Waals surface area contributed by atoms with Gasteiger partial charge in [-0.3, -0.25) is 9.78 Å². The Bertz CT molecular complexity index is 1030. The van der Waals surface area contributed by atoms with Gasteiger partial charge in [-0.15, -0.1) is 5.10 Å². The molecule has 0 fully saturated rings. The third kappa shape index (κ3) is 4.20. The second-order valence-electron chi connectivity index (χ2n) is 6.97. The Morgan fingerprint density at radius 1 is 1.24 bits per heavy atom. The van der Waals surface area contributed by atoms with Gasteiger partial charge in [0.2, 0.25) is 5.91 Å². The predicted molar refractivity (Wildman–Crippen MR) is 100 cm³/mol. The topological polar surface area (TPSA) is 76.3 Å². The largest absolute Gasteiger partial charge is 0.453 e. The van der Waals surface area contributed by atoms with Crippen molar-refractivity contribution in [3.8, 4) is 0 Å². The fraction of sp³-hybridized carbons (Fsp3) is 0.421. The van der Waals surface area contributed by atoms with Crippen molar-refractivity contribution < 1.29 is 18.0 Å². The van der Waals surface area contributed by atoms with E-state index < -0.39 is 12.0 Å². The molecule has 0 N–H and O–H groups in total. The highest BCUT2D eigenvalue weighted by Gasteiger charge is 2.37. The van der Waals surface area contributed by atoms with Crippen LogP contribution in [0, 0.1) is 13.8 Å². The molecule has 0 atom stereocenters. The lowest BCUT2D eigenvalue weighted by atomic mass is 10.1. The summed E-state index contributed by atoms with van der Waals surface area (Å²) in [6.45, 7) is 7.15. The summed E-state index contributed by atoms with van der Waals surface area (Å²) in [5.41, 5.74) is 2.39. The highest BCUT2D eigenvalue weighted by atomic mass is 19.4. The number of carbonyl (C=O) groups is 1. The molecule has 3 aromatic rings. The standard InChI is InChI=1S/C19H21F3N6O/c1-11(2)27(14-6-5-9-23-10-14)16(29)8-7-15-12(3)24-18-25-17(19(20,21)22)26-28(18)13(15)4/h5-6,9-11H,7-8H2,1-4H3. The van der Waals surface area contributed by atoms with Crippen LogP contribution in [-0.2, 0) is 17.4 Å². The average molecular weight is 406 g/mol. The van der Waals surface area contributed by atoms with E-state index in [0.717, 1.165) is 4.52 Å². The van der Waals surface area contributed by atoms with E-state index >= 15 is 0 Å². The first kappa shape index (κ1) is 20.7. The lowest BCUT2D eigenvalue weighted by molar-refractivity contribution is -0.144. The molecule has 10 heteroatoms. The minimum absolute atomic E-state index is 0.0702. The molecular formula is C19H21F3N6O. The molecule has 0 bridgehead atoms. The fourth-order valence-electron chi connectivity index (χ4n) is 3.27. The van der Waals surface area contributed by atoms with Gasteiger partial charge in [0.25, 0.3) is 11.6 Å². The molecule has 3 heterocycles. The van der Waals surface area contributed by atoms with Crippen LogP contribution in [0.5, 0.6) is 0 Å². The van der Waals surface area contributed by atoms with Gasteiger partial charge in [-0.25, -0.2) is 9.50 Å². The van der Waals surface area contributed by atoms with E-state index in [4.69, 9.17) is 0 Å². The fourth-order valence-corrected chi connectivity index (χ4v) is 3.27. The van der Waals surface area contributed by atoms with E-state index in [-0.39, 0.29) is 24.1 Å². The normalized spacial score (nSPS) is 12.0. The molecule has 0 saturated carbocycles. The van der Waals surface area contributed by atoms with Crippen LogP contribution in [0.4, 0.5) is 18.9 Å². The molecule has 0 aliphatic carbocycles. The molecule has 7 nitrogen and oxygen atoms in total. The SMILES string of the molecule is Cc1nc2nc(C(F)(F)F)nn2c(C)c1CCC(=O)N(c1cccnc1)C(C)C. The zero-order valence-electron chi connectivity index (χ0n) is 16.5. The Morgan fingerprint density at radius 3 is 2.55 bits per heavy atom. The molecule has 0 spiro atoms. The molecular weight excluding hydrogens is 385 g/mol. The summed E-state index contributed by atoms with van der Waals surface area (Å²) >= 11 is 0. The molecule has 0 aliphatic heterocycles. The first-order valence-electron chi connectivity index (χ1n) is 9.11. The first-order chi connectivity index (χ1) is 13.6. The number of hydrogen-bond acceptors (Lipinski definition) is 5. The number of aromatic nitrogens is 5. The number of nitrogens with zero attached hydrogens (tertiary/aromatic N) is 6. The number of amides is 1. The van der Waals surface area contributed by atoms with Gasteiger partial charge in [0, 0.05) is 30.0 Å². The van der Waals surface area contributed by atoms with E-state index in [1.165, 1.54) is 0 Å². The second kappa shape index (κ2) is 7.76. The van der Waals surface area contributed by atoms with Gasteiger partial charge in [-0.2, -0.15) is 18.2 Å². The summed E-state index contributed by atoms with van der Waals surface area (Å²) in [5, 5.41) is 3.54. The van der Waals surface area contributed by atoms with Crippen LogP contribution in [0.15, 0.2) is 24.5 Å². The van der Waals surface area contributed by atoms with E-state index in [2.05, 4.69) is 20.1 Å². The predicted octanol–water partition coefficient (Wildman–Crippen LogP) is 3.53. The number of pyridine rings is 1. The number of carbonyl (C=O) groups excluding carboxylic acids is 1. The van der Waals surface area contributed by atoms with Gasteiger partial charge in [0.05, 0.1) is 11.9 Å². The van der Waals surface area contributed by atoms with Crippen molar-refractivity contribution in [2.45, 2.75) is 52.8 Å². The van der Waals surface area contributed by atoms with Crippen molar-refractivity contribution in [3.63, 3.8) is 0 Å². The Hall–Kier alpha value is -3.04. The summed E-state index contributed by atoms with van der Waals surface area (Å²) in [7, 11) is 0. The lowest BCUT2D eigenvalue weighted by Gasteiger charge is -2.26. The number of fused-ring (bicyclic) bond motifs is 1. The van der Waals surface area contributed by atoms with Gasteiger partial charge in [0.1, 0.15) is 0 Å². The highest BCUT2D eigenvalue weighted by molar-refractivity contribution is 5.93. The molecule has 29 heavy (non-hydrogen) atoms. The van der Waals surface area contributed by atoms with E-state index in [1.807, 2.05) is 19.9 Å². The smallest absolute Gasteiger partial charge is 0.308 e. The lowest BCUT2D eigenvalue weighted by Crippen LogP contribution is -2.37. The van der Waals surface area contributed by atoms with Crippen LogP contribution in [-0.4, -0.2) is 36.5 Å². The van der Waals surface area contributed by atoms with Crippen molar-refractivity contribution in [2.24, 2.45) is 0 Å². The first-order valence-corrected chi connectivity index (χ1v) is 9.11. The molecule has 3 aromatic heterocycles. The Morgan fingerprint density at radius 2 is 1.97 bits per heavy atom. The van der Waals surface area contributed by atoms with Crippen molar-refractivity contribution >= 4 is 17.4 Å². The molecule has 0 radical (unpaired) electrons. The summed E-state index contributed by atoms with van der Waals surface area (Å²) < 4.78 is 39.8. The maximum absolute atomic E-state index is 12.9. The van der Waals surface area contributed by atoms with Crippen LogP contribution < -0.4 is 4.90 Å². The zero-order chi connectivity index (χ0) is 21.3. The Labute approximate surface area is 165 Å². The molecule has 0 aromatic carbocycles. The monoisotopic (exact) mass is 406 g/mol. The van der Waals surface area contributed by atoms with E-state index in [0.29, 0.717) is 29.1 Å². The van der Waals surface area contributed by atoms with Crippen LogP contribution in [0.1, 0.15) is 43.0 Å². The second-order valence-corrected chi connectivity index (χ2v) is 6.97. The van der Waals surface area contributed by atoms with Gasteiger partial charge >= 0.3 is 6.18 Å². The molecule has 3 rings (SSSR count). The van der Waals surface area contributed by atoms with E-state index in [9.17, 15) is 18.0 Å². The molecule has 0 unspecified atom stereocenters. The van der Waals surface area contributed by atoms with Gasteiger partial charge in [-0.1, -0.05) is 0 Å². The van der Waals surface area contributed by atoms with Crippen LogP contribution >= 0.6 is 0 Å². The summed E-state index contributed by atoms with van der Waals surface area (Å²) in [6, 6.07) is 3.50. The third-order valence-corrected chi connectivity index (χ3v) is 4.60. The Kier molecular flexibility index (Phi) is 5.54. The van der Waals surface area contributed by atoms with Crippen LogP contribution in [0.25, 0.3) is 5.78 Å². The maximum Gasteiger partial charge on any atom is 0.453 e. The molecule has 0 aliphatic rings. The van der Waals surface area contributed by atoms with Gasteiger partial charge in [-0.05, 0) is 51.8 Å². The molecule has 1 amide bonds. The van der Waals surface area contributed by atoms with Gasteiger partial charge < -0.3 is 4.90 Å². The molecule has 154 valence electrons. The number of anilines is 1. The van der Waals surface area contributed by atoms with Crippen molar-refractivity contribution in [2.75, 3.05) is 4.90 Å². The van der Waals surface area contributed by atoms with Crippen molar-refractivity contribution in [3.05, 3.63) is 47.3 Å². The quantitative estimate of drug-likeness (QED) is 0.648. The summed E-state index contributed by atoms with van der Waals surface area (Å²) in [4.78, 5) is 26.2. The third-order valence-electron chi connectivity index (χ3n) is 4.60. The molecule has 0 saturated heterocycles.